The lowest BCUT2D eigenvalue weighted by Crippen LogP contribution is -2.36. The Labute approximate surface area is 175 Å². The monoisotopic (exact) mass is 438 g/mol. The first-order valence-corrected chi connectivity index (χ1v) is 11.2. The fourth-order valence-electron chi connectivity index (χ4n) is 3.30. The minimum absolute atomic E-state index is 0.0346. The average Bonchev–Trinajstić information content (AvgIpc) is 2.73. The Morgan fingerprint density at radius 2 is 1.90 bits per heavy atom. The molecule has 0 radical (unpaired) electrons. The normalized spacial score (nSPS) is 13.6. The Hall–Kier alpha value is -2.45. The van der Waals surface area contributed by atoms with Crippen LogP contribution in [0.4, 0.5) is 11.4 Å². The minimum atomic E-state index is -3.35. The lowest BCUT2D eigenvalue weighted by Gasteiger charge is -2.30. The summed E-state index contributed by atoms with van der Waals surface area (Å²) in [5.74, 6) is 0.509. The van der Waals surface area contributed by atoms with Crippen LogP contribution in [0.2, 0.25) is 5.02 Å². The molecule has 1 N–H and O–H groups in total. The van der Waals surface area contributed by atoms with E-state index in [1.54, 1.807) is 37.3 Å². The van der Waals surface area contributed by atoms with Crippen LogP contribution in [0.5, 0.6) is 11.5 Å². The molecule has 1 amide bonds. The molecule has 0 bridgehead atoms. The summed E-state index contributed by atoms with van der Waals surface area (Å²) < 4.78 is 36.6. The first-order chi connectivity index (χ1) is 13.8. The van der Waals surface area contributed by atoms with E-state index >= 15 is 0 Å². The zero-order chi connectivity index (χ0) is 21.2. The molecule has 29 heavy (non-hydrogen) atoms. The fraction of sp³-hybridized carbons (Fsp3) is 0.350. The van der Waals surface area contributed by atoms with Gasteiger partial charge in [-0.2, -0.15) is 0 Å². The number of amides is 1. The van der Waals surface area contributed by atoms with Crippen molar-refractivity contribution in [2.24, 2.45) is 0 Å². The number of methoxy groups -OCH3 is 2. The highest BCUT2D eigenvalue weighted by atomic mass is 35.5. The number of sulfonamides is 1. The van der Waals surface area contributed by atoms with Crippen LogP contribution >= 0.6 is 11.6 Å². The minimum Gasteiger partial charge on any atom is -0.495 e. The number of benzene rings is 2. The largest absolute Gasteiger partial charge is 0.495 e. The Kier molecular flexibility index (Phi) is 6.24. The van der Waals surface area contributed by atoms with Crippen molar-refractivity contribution in [2.45, 2.75) is 19.8 Å². The van der Waals surface area contributed by atoms with Gasteiger partial charge >= 0.3 is 0 Å². The molecule has 3 rings (SSSR count). The van der Waals surface area contributed by atoms with Crippen molar-refractivity contribution in [2.75, 3.05) is 36.1 Å². The van der Waals surface area contributed by atoms with Crippen LogP contribution < -0.4 is 19.1 Å². The van der Waals surface area contributed by atoms with Gasteiger partial charge in [0, 0.05) is 24.2 Å². The number of fused-ring (bicyclic) bond motifs is 1. The topological polar surface area (TPSA) is 84.9 Å². The second kappa shape index (κ2) is 8.51. The number of carbonyl (C=O) groups excluding carboxylic acids is 1. The van der Waals surface area contributed by atoms with E-state index in [-0.39, 0.29) is 11.7 Å². The van der Waals surface area contributed by atoms with Gasteiger partial charge < -0.3 is 14.8 Å². The molecule has 1 aliphatic rings. The molecular weight excluding hydrogens is 416 g/mol. The summed E-state index contributed by atoms with van der Waals surface area (Å²) in [6, 6.07) is 8.21. The highest BCUT2D eigenvalue weighted by Gasteiger charge is 2.26. The molecule has 0 aromatic heterocycles. The second-order valence-corrected chi connectivity index (χ2v) is 9.15. The molecular formula is C20H23ClN2O5S. The Morgan fingerprint density at radius 3 is 2.55 bits per heavy atom. The quantitative estimate of drug-likeness (QED) is 0.743. The first kappa shape index (κ1) is 21.3. The summed E-state index contributed by atoms with van der Waals surface area (Å²) in [6.07, 6.45) is 1.42. The molecule has 0 spiro atoms. The summed E-state index contributed by atoms with van der Waals surface area (Å²) >= 11 is 6.10. The van der Waals surface area contributed by atoms with Gasteiger partial charge in [-0.25, -0.2) is 8.42 Å². The Bertz CT molecular complexity index is 1040. The van der Waals surface area contributed by atoms with Crippen LogP contribution in [0.15, 0.2) is 30.3 Å². The van der Waals surface area contributed by atoms with Crippen LogP contribution in [0.1, 0.15) is 29.3 Å². The van der Waals surface area contributed by atoms with Gasteiger partial charge in [0.15, 0.2) is 0 Å². The van der Waals surface area contributed by atoms with Gasteiger partial charge in [-0.1, -0.05) is 11.6 Å². The number of rotatable bonds is 6. The van der Waals surface area contributed by atoms with E-state index in [9.17, 15) is 13.2 Å². The number of hydrogen-bond acceptors (Lipinski definition) is 5. The zero-order valence-electron chi connectivity index (χ0n) is 16.5. The van der Waals surface area contributed by atoms with E-state index in [4.69, 9.17) is 21.1 Å². The van der Waals surface area contributed by atoms with Gasteiger partial charge in [-0.05, 0) is 43.5 Å². The predicted molar refractivity (Wildman–Crippen MR) is 114 cm³/mol. The maximum atomic E-state index is 12.8. The molecule has 1 aliphatic heterocycles. The molecule has 0 saturated heterocycles. The van der Waals surface area contributed by atoms with Crippen molar-refractivity contribution >= 4 is 38.9 Å². The van der Waals surface area contributed by atoms with Crippen LogP contribution in [0, 0.1) is 0 Å². The number of nitrogens with zero attached hydrogens (tertiary/aromatic N) is 1. The number of anilines is 2. The third kappa shape index (κ3) is 4.28. The molecule has 0 unspecified atom stereocenters. The highest BCUT2D eigenvalue weighted by molar-refractivity contribution is 7.92. The van der Waals surface area contributed by atoms with Crippen LogP contribution in [0.3, 0.4) is 0 Å². The number of ether oxygens (including phenoxy) is 2. The van der Waals surface area contributed by atoms with E-state index in [1.165, 1.54) is 18.5 Å². The van der Waals surface area contributed by atoms with Gasteiger partial charge in [0.05, 0.1) is 36.4 Å². The Morgan fingerprint density at radius 1 is 1.17 bits per heavy atom. The molecule has 0 saturated carbocycles. The third-order valence-corrected chi connectivity index (χ3v) is 6.92. The Balaban J connectivity index is 1.90. The van der Waals surface area contributed by atoms with Gasteiger partial charge in [0.2, 0.25) is 10.0 Å². The summed E-state index contributed by atoms with van der Waals surface area (Å²) in [4.78, 5) is 12.8. The molecule has 1 heterocycles. The van der Waals surface area contributed by atoms with E-state index in [0.717, 1.165) is 5.56 Å². The molecule has 0 aliphatic carbocycles. The summed E-state index contributed by atoms with van der Waals surface area (Å²) in [5, 5.41) is 3.17. The lowest BCUT2D eigenvalue weighted by molar-refractivity contribution is 0.102. The van der Waals surface area contributed by atoms with Crippen molar-refractivity contribution in [3.05, 3.63) is 46.5 Å². The molecule has 0 fully saturated rings. The van der Waals surface area contributed by atoms with E-state index in [1.807, 2.05) is 0 Å². The van der Waals surface area contributed by atoms with E-state index < -0.39 is 10.0 Å². The van der Waals surface area contributed by atoms with Gasteiger partial charge in [-0.3, -0.25) is 9.10 Å². The standard InChI is InChI=1S/C20H23ClN2O5S/c1-4-29(25,26)23-9-5-6-13-10-14(7-8-17(13)23)20(24)22-16-12-18(27-2)15(21)11-19(16)28-3/h7-8,10-12H,4-6,9H2,1-3H3,(H,22,24). The third-order valence-electron chi connectivity index (χ3n) is 4.84. The molecule has 156 valence electrons. The number of carbonyl (C=O) groups is 1. The van der Waals surface area contributed by atoms with Crippen molar-refractivity contribution in [3.63, 3.8) is 0 Å². The van der Waals surface area contributed by atoms with E-state index in [0.29, 0.717) is 52.8 Å². The van der Waals surface area contributed by atoms with Crippen LogP contribution in [0.25, 0.3) is 0 Å². The maximum Gasteiger partial charge on any atom is 0.255 e. The number of nitrogens with one attached hydrogen (secondary N) is 1. The maximum absolute atomic E-state index is 12.8. The number of hydrogen-bond donors (Lipinski definition) is 1. The van der Waals surface area contributed by atoms with E-state index in [2.05, 4.69) is 5.32 Å². The summed E-state index contributed by atoms with van der Waals surface area (Å²) in [6.45, 7) is 2.08. The van der Waals surface area contributed by atoms with Gasteiger partial charge in [0.25, 0.3) is 5.91 Å². The van der Waals surface area contributed by atoms with Gasteiger partial charge in [-0.15, -0.1) is 0 Å². The second-order valence-electron chi connectivity index (χ2n) is 6.56. The summed E-state index contributed by atoms with van der Waals surface area (Å²) in [5.41, 5.74) is 2.32. The predicted octanol–water partition coefficient (Wildman–Crippen LogP) is 3.71. The average molecular weight is 439 g/mol. The molecule has 0 atom stereocenters. The zero-order valence-corrected chi connectivity index (χ0v) is 18.1. The van der Waals surface area contributed by atoms with Crippen molar-refractivity contribution in [3.8, 4) is 11.5 Å². The lowest BCUT2D eigenvalue weighted by atomic mass is 10.0. The van der Waals surface area contributed by atoms with Gasteiger partial charge in [0.1, 0.15) is 11.5 Å². The SMILES string of the molecule is CCS(=O)(=O)N1CCCc2cc(C(=O)Nc3cc(OC)c(Cl)cc3OC)ccc21. The first-order valence-electron chi connectivity index (χ1n) is 9.17. The van der Waals surface area contributed by atoms with Crippen LogP contribution in [-0.2, 0) is 16.4 Å². The molecule has 2 aromatic rings. The number of aryl methyl sites for hydroxylation is 1. The molecule has 9 heteroatoms. The molecule has 2 aromatic carbocycles. The van der Waals surface area contributed by atoms with Crippen molar-refractivity contribution < 1.29 is 22.7 Å². The van der Waals surface area contributed by atoms with Crippen molar-refractivity contribution in [1.29, 1.82) is 0 Å². The van der Waals surface area contributed by atoms with Crippen LogP contribution in [-0.4, -0.2) is 40.8 Å². The number of halogens is 1. The highest BCUT2D eigenvalue weighted by Crippen LogP contribution is 2.36. The van der Waals surface area contributed by atoms with Crippen molar-refractivity contribution in [1.82, 2.24) is 0 Å². The smallest absolute Gasteiger partial charge is 0.255 e. The molecule has 7 nitrogen and oxygen atoms in total. The summed E-state index contributed by atoms with van der Waals surface area (Å²) in [7, 11) is -0.381. The fourth-order valence-corrected chi connectivity index (χ4v) is 4.73.